The Kier molecular flexibility index (Phi) is 5.35. The first-order chi connectivity index (χ1) is 9.11. The normalized spacial score (nSPS) is 13.1. The third-order valence-corrected chi connectivity index (χ3v) is 3.62. The molecule has 1 amide bonds. The maximum absolute atomic E-state index is 13.1. The van der Waals surface area contributed by atoms with Crippen molar-refractivity contribution in [2.75, 3.05) is 0 Å². The first-order valence-corrected chi connectivity index (χ1v) is 8.13. The van der Waals surface area contributed by atoms with Crippen molar-refractivity contribution in [1.82, 2.24) is 5.32 Å². The highest BCUT2D eigenvalue weighted by Crippen LogP contribution is 2.28. The van der Waals surface area contributed by atoms with Gasteiger partial charge in [-0.15, -0.1) is 0 Å². The Labute approximate surface area is 121 Å². The highest BCUT2D eigenvalue weighted by Gasteiger charge is 2.22. The third-order valence-electron chi connectivity index (χ3n) is 2.27. The van der Waals surface area contributed by atoms with E-state index in [0.29, 0.717) is 0 Å². The molecule has 0 aliphatic carbocycles. The van der Waals surface area contributed by atoms with Crippen LogP contribution in [-0.4, -0.2) is 26.5 Å². The molecule has 1 rings (SSSR count). The maximum Gasteiger partial charge on any atom is 0.265 e. The van der Waals surface area contributed by atoms with Crippen molar-refractivity contribution in [2.24, 2.45) is 0 Å². The zero-order valence-electron chi connectivity index (χ0n) is 11.2. The summed E-state index contributed by atoms with van der Waals surface area (Å²) in [5.74, 6) is -1.36. The molecular weight excluding hydrogens is 309 g/mol. The van der Waals surface area contributed by atoms with E-state index in [1.54, 1.807) is 13.8 Å². The average molecular weight is 324 g/mol. The molecule has 112 valence electrons. The highest BCUT2D eigenvalue weighted by molar-refractivity contribution is 8.13. The van der Waals surface area contributed by atoms with Crippen LogP contribution in [0.3, 0.4) is 0 Å². The minimum absolute atomic E-state index is 0.0852. The van der Waals surface area contributed by atoms with E-state index in [9.17, 15) is 17.6 Å². The van der Waals surface area contributed by atoms with Crippen LogP contribution in [0.2, 0.25) is 0 Å². The number of hydrogen-bond acceptors (Lipinski definition) is 4. The molecule has 0 radical (unpaired) electrons. The topological polar surface area (TPSA) is 72.5 Å². The van der Waals surface area contributed by atoms with Crippen molar-refractivity contribution >= 4 is 25.6 Å². The molecule has 0 aliphatic rings. The monoisotopic (exact) mass is 323 g/mol. The fourth-order valence-electron chi connectivity index (χ4n) is 1.42. The molecule has 0 saturated carbocycles. The van der Waals surface area contributed by atoms with Crippen molar-refractivity contribution in [3.8, 4) is 5.75 Å². The van der Waals surface area contributed by atoms with Gasteiger partial charge < -0.3 is 10.1 Å². The van der Waals surface area contributed by atoms with Gasteiger partial charge in [-0.1, -0.05) is 0 Å². The zero-order chi connectivity index (χ0) is 15.5. The number of halogens is 2. The van der Waals surface area contributed by atoms with E-state index in [1.165, 1.54) is 6.92 Å². The van der Waals surface area contributed by atoms with E-state index < -0.39 is 31.8 Å². The van der Waals surface area contributed by atoms with Gasteiger partial charge in [-0.3, -0.25) is 4.79 Å². The second-order valence-electron chi connectivity index (χ2n) is 4.45. The predicted octanol–water partition coefficient (Wildman–Crippen LogP) is 2.05. The van der Waals surface area contributed by atoms with Gasteiger partial charge in [-0.05, 0) is 39.0 Å². The SMILES string of the molecule is CC(C)NC(=O)C(C)Oc1ccc(F)cc1S(=O)(=O)Cl. The lowest BCUT2D eigenvalue weighted by atomic mass is 10.3. The number of ether oxygens (including phenoxy) is 1. The molecule has 0 bridgehead atoms. The number of amides is 1. The van der Waals surface area contributed by atoms with Crippen molar-refractivity contribution in [2.45, 2.75) is 37.8 Å². The van der Waals surface area contributed by atoms with Crippen LogP contribution in [0.15, 0.2) is 23.1 Å². The number of rotatable bonds is 5. The molecule has 5 nitrogen and oxygen atoms in total. The Morgan fingerprint density at radius 1 is 1.35 bits per heavy atom. The van der Waals surface area contributed by atoms with Gasteiger partial charge in [-0.25, -0.2) is 12.8 Å². The van der Waals surface area contributed by atoms with Gasteiger partial charge in [0.2, 0.25) is 0 Å². The third kappa shape index (κ3) is 4.64. The van der Waals surface area contributed by atoms with Crippen molar-refractivity contribution in [3.63, 3.8) is 0 Å². The van der Waals surface area contributed by atoms with Crippen LogP contribution in [0.4, 0.5) is 4.39 Å². The Morgan fingerprint density at radius 3 is 2.45 bits per heavy atom. The van der Waals surface area contributed by atoms with Crippen LogP contribution < -0.4 is 10.1 Å². The summed E-state index contributed by atoms with van der Waals surface area (Å²) in [7, 11) is 1.03. The molecule has 1 aromatic carbocycles. The van der Waals surface area contributed by atoms with E-state index in [0.717, 1.165) is 18.2 Å². The maximum atomic E-state index is 13.1. The zero-order valence-corrected chi connectivity index (χ0v) is 12.8. The molecule has 1 unspecified atom stereocenters. The molecule has 0 aromatic heterocycles. The lowest BCUT2D eigenvalue weighted by Crippen LogP contribution is -2.40. The van der Waals surface area contributed by atoms with Gasteiger partial charge >= 0.3 is 0 Å². The fraction of sp³-hybridized carbons (Fsp3) is 0.417. The summed E-state index contributed by atoms with van der Waals surface area (Å²) in [6.45, 7) is 5.00. The van der Waals surface area contributed by atoms with Crippen molar-refractivity contribution < 1.29 is 22.3 Å². The quantitative estimate of drug-likeness (QED) is 0.842. The summed E-state index contributed by atoms with van der Waals surface area (Å²) in [5.41, 5.74) is 0. The lowest BCUT2D eigenvalue weighted by molar-refractivity contribution is -0.127. The second kappa shape index (κ2) is 6.41. The Hall–Kier alpha value is -1.34. The Morgan fingerprint density at radius 2 is 1.95 bits per heavy atom. The van der Waals surface area contributed by atoms with Crippen LogP contribution in [0.25, 0.3) is 0 Å². The van der Waals surface area contributed by atoms with Gasteiger partial charge in [0.1, 0.15) is 16.5 Å². The molecule has 0 saturated heterocycles. The molecule has 8 heteroatoms. The number of nitrogens with one attached hydrogen (secondary N) is 1. The summed E-state index contributed by atoms with van der Waals surface area (Å²) in [6.07, 6.45) is -0.944. The first-order valence-electron chi connectivity index (χ1n) is 5.82. The minimum atomic E-state index is -4.17. The van der Waals surface area contributed by atoms with Gasteiger partial charge in [0.05, 0.1) is 0 Å². The predicted molar refractivity (Wildman–Crippen MR) is 72.8 cm³/mol. The van der Waals surface area contributed by atoms with Crippen LogP contribution in [0.1, 0.15) is 20.8 Å². The Balaban J connectivity index is 3.01. The van der Waals surface area contributed by atoms with Gasteiger partial charge in [0, 0.05) is 16.7 Å². The summed E-state index contributed by atoms with van der Waals surface area (Å²) in [6, 6.07) is 2.79. The molecule has 0 spiro atoms. The average Bonchev–Trinajstić information content (AvgIpc) is 2.29. The minimum Gasteiger partial charge on any atom is -0.479 e. The van der Waals surface area contributed by atoms with E-state index in [-0.39, 0.29) is 11.8 Å². The highest BCUT2D eigenvalue weighted by atomic mass is 35.7. The molecule has 1 aromatic rings. The van der Waals surface area contributed by atoms with Crippen molar-refractivity contribution in [1.29, 1.82) is 0 Å². The fourth-order valence-corrected chi connectivity index (χ4v) is 2.39. The molecule has 1 N–H and O–H groups in total. The molecular formula is C12H15ClFNO4S. The van der Waals surface area contributed by atoms with Gasteiger partial charge in [0.15, 0.2) is 6.10 Å². The smallest absolute Gasteiger partial charge is 0.265 e. The number of carbonyl (C=O) groups excluding carboxylic acids is 1. The number of carbonyl (C=O) groups is 1. The molecule has 1 atom stereocenters. The number of benzene rings is 1. The summed E-state index contributed by atoms with van der Waals surface area (Å²) in [5, 5.41) is 2.61. The molecule has 0 fully saturated rings. The first kappa shape index (κ1) is 16.7. The van der Waals surface area contributed by atoms with E-state index in [1.807, 2.05) is 0 Å². The number of hydrogen-bond donors (Lipinski definition) is 1. The van der Waals surface area contributed by atoms with E-state index >= 15 is 0 Å². The summed E-state index contributed by atoms with van der Waals surface area (Å²) < 4.78 is 41.0. The largest absolute Gasteiger partial charge is 0.479 e. The van der Waals surface area contributed by atoms with E-state index in [4.69, 9.17) is 15.4 Å². The van der Waals surface area contributed by atoms with Crippen LogP contribution in [-0.2, 0) is 13.8 Å². The summed E-state index contributed by atoms with van der Waals surface area (Å²) in [4.78, 5) is 11.2. The second-order valence-corrected chi connectivity index (χ2v) is 6.99. The van der Waals surface area contributed by atoms with Crippen LogP contribution in [0.5, 0.6) is 5.75 Å². The van der Waals surface area contributed by atoms with Crippen molar-refractivity contribution in [3.05, 3.63) is 24.0 Å². The standard InChI is InChI=1S/C12H15ClFNO4S/c1-7(2)15-12(16)8(3)19-10-5-4-9(14)6-11(10)20(13,17)18/h4-8H,1-3H3,(H,15,16). The summed E-state index contributed by atoms with van der Waals surface area (Å²) >= 11 is 0. The molecule has 20 heavy (non-hydrogen) atoms. The lowest BCUT2D eigenvalue weighted by Gasteiger charge is -2.17. The van der Waals surface area contributed by atoms with Crippen LogP contribution in [0, 0.1) is 5.82 Å². The molecule has 0 heterocycles. The van der Waals surface area contributed by atoms with E-state index in [2.05, 4.69) is 5.32 Å². The van der Waals surface area contributed by atoms with Gasteiger partial charge in [0.25, 0.3) is 15.0 Å². The van der Waals surface area contributed by atoms with Gasteiger partial charge in [-0.2, -0.15) is 0 Å². The van der Waals surface area contributed by atoms with Crippen LogP contribution >= 0.6 is 10.7 Å². The Bertz CT molecular complexity index is 603. The molecule has 0 aliphatic heterocycles.